The summed E-state index contributed by atoms with van der Waals surface area (Å²) in [5.74, 6) is 0. The highest BCUT2D eigenvalue weighted by Crippen LogP contribution is 2.28. The number of alkyl halides is 3. The fourth-order valence-corrected chi connectivity index (χ4v) is 0.854. The van der Waals surface area contributed by atoms with Gasteiger partial charge in [0, 0.05) is 12.8 Å². The number of hydrogen-bond acceptors (Lipinski definition) is 2. The molecule has 0 unspecified atom stereocenters. The van der Waals surface area contributed by atoms with Crippen molar-refractivity contribution in [2.45, 2.75) is 19.8 Å². The van der Waals surface area contributed by atoms with Crippen molar-refractivity contribution >= 4 is 0 Å². The zero-order valence-electron chi connectivity index (χ0n) is 7.01. The molecular formula is C7H9F3N2O. The Morgan fingerprint density at radius 1 is 1.54 bits per heavy atom. The van der Waals surface area contributed by atoms with E-state index in [1.165, 1.54) is 0 Å². The molecule has 1 heterocycles. The van der Waals surface area contributed by atoms with Gasteiger partial charge in [-0.25, -0.2) is 4.68 Å². The highest BCUT2D eigenvalue weighted by Gasteiger charge is 2.34. The molecule has 0 aliphatic heterocycles. The molecule has 13 heavy (non-hydrogen) atoms. The summed E-state index contributed by atoms with van der Waals surface area (Å²) >= 11 is 0. The first-order valence-electron chi connectivity index (χ1n) is 3.72. The molecule has 0 atom stereocenters. The Balaban J connectivity index is 2.77. The lowest BCUT2D eigenvalue weighted by atomic mass is 10.4. The second kappa shape index (κ2) is 3.78. The molecule has 1 aromatic rings. The summed E-state index contributed by atoms with van der Waals surface area (Å²) in [6, 6.07) is 0.916. The van der Waals surface area contributed by atoms with Crippen LogP contribution in [-0.2, 0) is 17.6 Å². The summed E-state index contributed by atoms with van der Waals surface area (Å²) in [5, 5.41) is 3.49. The molecule has 0 N–H and O–H groups in total. The summed E-state index contributed by atoms with van der Waals surface area (Å²) in [6.45, 7) is 1.90. The molecule has 1 rings (SSSR count). The standard InChI is InChI=1S/C7H9F3N2O/c1-2-13-5-12-6(3-4-11-12)7(8,9)10/h3-4H,2,5H2,1H3. The van der Waals surface area contributed by atoms with E-state index in [4.69, 9.17) is 4.74 Å². The van der Waals surface area contributed by atoms with Crippen molar-refractivity contribution in [3.8, 4) is 0 Å². The van der Waals surface area contributed by atoms with Crippen LogP contribution in [0.4, 0.5) is 13.2 Å². The molecule has 0 aliphatic carbocycles. The smallest absolute Gasteiger partial charge is 0.360 e. The third-order valence-electron chi connectivity index (χ3n) is 1.42. The van der Waals surface area contributed by atoms with Crippen molar-refractivity contribution in [2.75, 3.05) is 6.61 Å². The van der Waals surface area contributed by atoms with Crippen LogP contribution in [0.5, 0.6) is 0 Å². The van der Waals surface area contributed by atoms with Crippen LogP contribution in [-0.4, -0.2) is 16.4 Å². The van der Waals surface area contributed by atoms with Gasteiger partial charge in [-0.2, -0.15) is 18.3 Å². The van der Waals surface area contributed by atoms with Gasteiger partial charge in [0.1, 0.15) is 12.4 Å². The van der Waals surface area contributed by atoms with Gasteiger partial charge in [-0.3, -0.25) is 0 Å². The van der Waals surface area contributed by atoms with Gasteiger partial charge in [0.2, 0.25) is 0 Å². The van der Waals surface area contributed by atoms with Crippen molar-refractivity contribution < 1.29 is 17.9 Å². The molecule has 0 bridgehead atoms. The number of halogens is 3. The van der Waals surface area contributed by atoms with E-state index in [2.05, 4.69) is 5.10 Å². The lowest BCUT2D eigenvalue weighted by Crippen LogP contribution is -2.16. The molecule has 0 saturated heterocycles. The third kappa shape index (κ3) is 2.45. The average molecular weight is 194 g/mol. The summed E-state index contributed by atoms with van der Waals surface area (Å²) in [5.41, 5.74) is -0.791. The minimum atomic E-state index is -4.37. The molecule has 0 aromatic carbocycles. The van der Waals surface area contributed by atoms with Crippen molar-refractivity contribution in [3.63, 3.8) is 0 Å². The molecule has 6 heteroatoms. The van der Waals surface area contributed by atoms with Gasteiger partial charge >= 0.3 is 6.18 Å². The van der Waals surface area contributed by atoms with Gasteiger partial charge in [0.05, 0.1) is 0 Å². The van der Waals surface area contributed by atoms with Crippen LogP contribution in [0.25, 0.3) is 0 Å². The first kappa shape index (κ1) is 10.0. The van der Waals surface area contributed by atoms with Crippen LogP contribution in [0, 0.1) is 0 Å². The third-order valence-corrected chi connectivity index (χ3v) is 1.42. The maximum atomic E-state index is 12.2. The number of ether oxygens (including phenoxy) is 1. The molecule has 1 aromatic heterocycles. The van der Waals surface area contributed by atoms with Crippen molar-refractivity contribution in [2.24, 2.45) is 0 Å². The molecule has 0 aliphatic rings. The number of nitrogens with zero attached hydrogens (tertiary/aromatic N) is 2. The summed E-state index contributed by atoms with van der Waals surface area (Å²) in [6.07, 6.45) is -3.27. The maximum absolute atomic E-state index is 12.2. The van der Waals surface area contributed by atoms with E-state index >= 15 is 0 Å². The molecule has 3 nitrogen and oxygen atoms in total. The Labute approximate surface area is 73.1 Å². The van der Waals surface area contributed by atoms with Gasteiger partial charge in [0.25, 0.3) is 0 Å². The van der Waals surface area contributed by atoms with E-state index in [1.807, 2.05) is 0 Å². The number of rotatable bonds is 3. The summed E-state index contributed by atoms with van der Waals surface area (Å²) < 4.78 is 42.2. The Morgan fingerprint density at radius 2 is 2.23 bits per heavy atom. The highest BCUT2D eigenvalue weighted by molar-refractivity contribution is 5.04. The summed E-state index contributed by atoms with van der Waals surface area (Å²) in [4.78, 5) is 0. The van der Waals surface area contributed by atoms with Gasteiger partial charge in [0.15, 0.2) is 0 Å². The van der Waals surface area contributed by atoms with Gasteiger partial charge in [-0.05, 0) is 13.0 Å². The van der Waals surface area contributed by atoms with E-state index in [0.717, 1.165) is 16.9 Å². The molecular weight excluding hydrogens is 185 g/mol. The van der Waals surface area contributed by atoms with Crippen molar-refractivity contribution in [1.29, 1.82) is 0 Å². The predicted octanol–water partition coefficient (Wildman–Crippen LogP) is 1.90. The SMILES string of the molecule is CCOCn1nccc1C(F)(F)F. The van der Waals surface area contributed by atoms with Crippen LogP contribution in [0.3, 0.4) is 0 Å². The van der Waals surface area contributed by atoms with Crippen LogP contribution in [0.2, 0.25) is 0 Å². The quantitative estimate of drug-likeness (QED) is 0.734. The molecule has 0 radical (unpaired) electrons. The van der Waals surface area contributed by atoms with Gasteiger partial charge in [-0.1, -0.05) is 0 Å². The largest absolute Gasteiger partial charge is 0.433 e. The zero-order chi connectivity index (χ0) is 9.90. The Kier molecular flexibility index (Phi) is 2.92. The van der Waals surface area contributed by atoms with E-state index < -0.39 is 11.9 Å². The minimum Gasteiger partial charge on any atom is -0.360 e. The Bertz CT molecular complexity index is 269. The fraction of sp³-hybridized carbons (Fsp3) is 0.571. The van der Waals surface area contributed by atoms with Crippen LogP contribution in [0.1, 0.15) is 12.6 Å². The lowest BCUT2D eigenvalue weighted by Gasteiger charge is -2.09. The van der Waals surface area contributed by atoms with E-state index in [-0.39, 0.29) is 6.73 Å². The lowest BCUT2D eigenvalue weighted by molar-refractivity contribution is -0.146. The fourth-order valence-electron chi connectivity index (χ4n) is 0.854. The molecule has 0 saturated carbocycles. The average Bonchev–Trinajstić information content (AvgIpc) is 2.47. The minimum absolute atomic E-state index is 0.168. The molecule has 0 amide bonds. The van der Waals surface area contributed by atoms with Gasteiger partial charge < -0.3 is 4.74 Å². The second-order valence-corrected chi connectivity index (χ2v) is 2.34. The zero-order valence-corrected chi connectivity index (χ0v) is 7.01. The normalized spacial score (nSPS) is 12.0. The maximum Gasteiger partial charge on any atom is 0.433 e. The predicted molar refractivity (Wildman–Crippen MR) is 38.9 cm³/mol. The molecule has 74 valence electrons. The van der Waals surface area contributed by atoms with Crippen LogP contribution >= 0.6 is 0 Å². The Morgan fingerprint density at radius 3 is 2.77 bits per heavy atom. The number of aromatic nitrogens is 2. The van der Waals surface area contributed by atoms with Gasteiger partial charge in [-0.15, -0.1) is 0 Å². The van der Waals surface area contributed by atoms with E-state index in [9.17, 15) is 13.2 Å². The number of hydrogen-bond donors (Lipinski definition) is 0. The van der Waals surface area contributed by atoms with Crippen molar-refractivity contribution in [1.82, 2.24) is 9.78 Å². The Hall–Kier alpha value is -1.04. The van der Waals surface area contributed by atoms with Crippen molar-refractivity contribution in [3.05, 3.63) is 18.0 Å². The second-order valence-electron chi connectivity index (χ2n) is 2.34. The topological polar surface area (TPSA) is 27.1 Å². The summed E-state index contributed by atoms with van der Waals surface area (Å²) in [7, 11) is 0. The first-order chi connectivity index (χ1) is 6.05. The van der Waals surface area contributed by atoms with E-state index in [0.29, 0.717) is 6.61 Å². The first-order valence-corrected chi connectivity index (χ1v) is 3.72. The highest BCUT2D eigenvalue weighted by atomic mass is 19.4. The molecule has 0 fully saturated rings. The van der Waals surface area contributed by atoms with Crippen LogP contribution in [0.15, 0.2) is 12.3 Å². The monoisotopic (exact) mass is 194 g/mol. The van der Waals surface area contributed by atoms with Crippen LogP contribution < -0.4 is 0 Å². The molecule has 0 spiro atoms. The van der Waals surface area contributed by atoms with E-state index in [1.54, 1.807) is 6.92 Å².